The third-order valence-corrected chi connectivity index (χ3v) is 5.12. The van der Waals surface area contributed by atoms with Crippen molar-refractivity contribution in [2.24, 2.45) is 5.92 Å². The highest BCUT2D eigenvalue weighted by Gasteiger charge is 2.34. The van der Waals surface area contributed by atoms with Crippen molar-refractivity contribution < 1.29 is 14.3 Å². The zero-order valence-corrected chi connectivity index (χ0v) is 13.8. The smallest absolute Gasteiger partial charge is 0.308 e. The third-order valence-electron chi connectivity index (χ3n) is 5.12. The summed E-state index contributed by atoms with van der Waals surface area (Å²) in [6.07, 6.45) is 3.62. The van der Waals surface area contributed by atoms with Gasteiger partial charge in [-0.15, -0.1) is 0 Å². The minimum absolute atomic E-state index is 0.0135. The molecule has 124 valence electrons. The first-order valence-corrected chi connectivity index (χ1v) is 8.36. The van der Waals surface area contributed by atoms with Crippen molar-refractivity contribution in [3.8, 4) is 0 Å². The molecule has 3 rings (SSSR count). The van der Waals surface area contributed by atoms with E-state index in [-0.39, 0.29) is 17.8 Å². The fourth-order valence-corrected chi connectivity index (χ4v) is 3.89. The molecule has 1 aromatic carbocycles. The number of anilines is 1. The summed E-state index contributed by atoms with van der Waals surface area (Å²) in [5, 5.41) is 0. The van der Waals surface area contributed by atoms with Gasteiger partial charge in [-0.05, 0) is 55.7 Å². The van der Waals surface area contributed by atoms with E-state index in [9.17, 15) is 9.59 Å². The van der Waals surface area contributed by atoms with Crippen molar-refractivity contribution in [1.82, 2.24) is 4.90 Å². The molecule has 0 bridgehead atoms. The number of hydrogen-bond acceptors (Lipinski definition) is 4. The van der Waals surface area contributed by atoms with Crippen LogP contribution in [0.25, 0.3) is 0 Å². The fraction of sp³-hybridized carbons (Fsp3) is 0.556. The van der Waals surface area contributed by atoms with E-state index in [4.69, 9.17) is 10.5 Å². The van der Waals surface area contributed by atoms with Gasteiger partial charge >= 0.3 is 5.97 Å². The van der Waals surface area contributed by atoms with Gasteiger partial charge in [-0.1, -0.05) is 6.07 Å². The van der Waals surface area contributed by atoms with Crippen molar-refractivity contribution in [3.05, 3.63) is 28.8 Å². The van der Waals surface area contributed by atoms with Crippen LogP contribution in [0.1, 0.15) is 60.0 Å². The second-order valence-electron chi connectivity index (χ2n) is 6.56. The number of esters is 1. The van der Waals surface area contributed by atoms with Gasteiger partial charge in [0.25, 0.3) is 5.91 Å². The molecular formula is C18H24N2O3. The van der Waals surface area contributed by atoms with Crippen molar-refractivity contribution >= 4 is 17.6 Å². The van der Waals surface area contributed by atoms with Crippen LogP contribution in [0.4, 0.5) is 5.69 Å². The Morgan fingerprint density at radius 2 is 2.00 bits per heavy atom. The van der Waals surface area contributed by atoms with Gasteiger partial charge in [0.2, 0.25) is 0 Å². The second-order valence-corrected chi connectivity index (χ2v) is 6.56. The molecule has 1 aliphatic heterocycles. The van der Waals surface area contributed by atoms with E-state index >= 15 is 0 Å². The van der Waals surface area contributed by atoms with E-state index in [1.165, 1.54) is 5.56 Å². The monoisotopic (exact) mass is 316 g/mol. The number of ether oxygens (including phenoxy) is 1. The predicted octanol–water partition coefficient (Wildman–Crippen LogP) is 2.69. The second kappa shape index (κ2) is 6.22. The Bertz CT molecular complexity index is 633. The normalized spacial score (nSPS) is 23.7. The third kappa shape index (κ3) is 2.80. The lowest BCUT2D eigenvalue weighted by Gasteiger charge is -2.28. The molecule has 1 amide bonds. The van der Waals surface area contributed by atoms with Gasteiger partial charge in [0.05, 0.1) is 18.1 Å². The first-order chi connectivity index (χ1) is 11.0. The van der Waals surface area contributed by atoms with Crippen LogP contribution in [0.5, 0.6) is 0 Å². The number of carbonyl (C=O) groups is 2. The molecule has 5 nitrogen and oxygen atoms in total. The first-order valence-electron chi connectivity index (χ1n) is 8.36. The van der Waals surface area contributed by atoms with Crippen LogP contribution in [-0.2, 0) is 16.1 Å². The Morgan fingerprint density at radius 3 is 2.65 bits per heavy atom. The molecule has 23 heavy (non-hydrogen) atoms. The van der Waals surface area contributed by atoms with Gasteiger partial charge in [-0.25, -0.2) is 0 Å². The Morgan fingerprint density at radius 1 is 1.30 bits per heavy atom. The maximum Gasteiger partial charge on any atom is 0.308 e. The molecular weight excluding hydrogens is 292 g/mol. The number of benzene rings is 1. The lowest BCUT2D eigenvalue weighted by Crippen LogP contribution is -2.23. The van der Waals surface area contributed by atoms with E-state index in [0.717, 1.165) is 31.2 Å². The number of nitrogen functional groups attached to an aromatic ring is 1. The van der Waals surface area contributed by atoms with Crippen molar-refractivity contribution in [2.45, 2.75) is 45.1 Å². The molecule has 2 aliphatic rings. The van der Waals surface area contributed by atoms with Crippen LogP contribution >= 0.6 is 0 Å². The van der Waals surface area contributed by atoms with Crippen LogP contribution in [0, 0.1) is 5.92 Å². The van der Waals surface area contributed by atoms with E-state index in [1.54, 1.807) is 4.90 Å². The minimum atomic E-state index is -0.0663. The minimum Gasteiger partial charge on any atom is -0.466 e. The molecule has 0 spiro atoms. The Balaban J connectivity index is 1.78. The molecule has 2 N–H and O–H groups in total. The molecule has 0 unspecified atom stereocenters. The summed E-state index contributed by atoms with van der Waals surface area (Å²) >= 11 is 0. The summed E-state index contributed by atoms with van der Waals surface area (Å²) in [6.45, 7) is 2.92. The Kier molecular flexibility index (Phi) is 4.28. The number of amides is 1. The number of rotatable bonds is 3. The number of carbonyl (C=O) groups excluding carboxylic acids is 2. The van der Waals surface area contributed by atoms with Crippen LogP contribution in [0.15, 0.2) is 12.1 Å². The SMILES string of the molecule is CCOC(=O)[C@H]1CC[C@H](c2ccc(N)c3c2CN(C)C3=O)CC1. The highest BCUT2D eigenvalue weighted by atomic mass is 16.5. The van der Waals surface area contributed by atoms with Crippen molar-refractivity contribution in [1.29, 1.82) is 0 Å². The zero-order valence-electron chi connectivity index (χ0n) is 13.8. The summed E-state index contributed by atoms with van der Waals surface area (Å²) in [6, 6.07) is 3.92. The largest absolute Gasteiger partial charge is 0.466 e. The van der Waals surface area contributed by atoms with Gasteiger partial charge in [0, 0.05) is 19.3 Å². The van der Waals surface area contributed by atoms with Crippen LogP contribution in [0.2, 0.25) is 0 Å². The molecule has 1 aliphatic carbocycles. The molecule has 0 saturated heterocycles. The van der Waals surface area contributed by atoms with E-state index in [1.807, 2.05) is 20.0 Å². The topological polar surface area (TPSA) is 72.6 Å². The fourth-order valence-electron chi connectivity index (χ4n) is 3.89. The molecule has 1 saturated carbocycles. The van der Waals surface area contributed by atoms with Crippen molar-refractivity contribution in [3.63, 3.8) is 0 Å². The van der Waals surface area contributed by atoms with Crippen LogP contribution < -0.4 is 5.73 Å². The quantitative estimate of drug-likeness (QED) is 0.687. The number of nitrogens with zero attached hydrogens (tertiary/aromatic N) is 1. The number of hydrogen-bond donors (Lipinski definition) is 1. The Hall–Kier alpha value is -2.04. The summed E-state index contributed by atoms with van der Waals surface area (Å²) in [7, 11) is 1.81. The Labute approximate surface area is 136 Å². The van der Waals surface area contributed by atoms with Gasteiger partial charge in [-0.2, -0.15) is 0 Å². The average molecular weight is 316 g/mol. The summed E-state index contributed by atoms with van der Waals surface area (Å²) in [5.74, 6) is 0.370. The molecule has 1 fully saturated rings. The lowest BCUT2D eigenvalue weighted by molar-refractivity contribution is -0.149. The first kappa shape index (κ1) is 15.8. The predicted molar refractivity (Wildman–Crippen MR) is 88.0 cm³/mol. The van der Waals surface area contributed by atoms with Gasteiger partial charge < -0.3 is 15.4 Å². The maximum absolute atomic E-state index is 12.3. The summed E-state index contributed by atoms with van der Waals surface area (Å²) < 4.78 is 5.13. The average Bonchev–Trinajstić information content (AvgIpc) is 2.84. The van der Waals surface area contributed by atoms with Crippen LogP contribution in [-0.4, -0.2) is 30.4 Å². The van der Waals surface area contributed by atoms with Gasteiger partial charge in [0.15, 0.2) is 0 Å². The van der Waals surface area contributed by atoms with E-state index < -0.39 is 0 Å². The van der Waals surface area contributed by atoms with Crippen LogP contribution in [0.3, 0.4) is 0 Å². The van der Waals surface area contributed by atoms with Crippen molar-refractivity contribution in [2.75, 3.05) is 19.4 Å². The molecule has 0 radical (unpaired) electrons. The van der Waals surface area contributed by atoms with Gasteiger partial charge in [0.1, 0.15) is 0 Å². The molecule has 1 heterocycles. The summed E-state index contributed by atoms with van der Waals surface area (Å²) in [5.41, 5.74) is 9.57. The highest BCUT2D eigenvalue weighted by molar-refractivity contribution is 6.03. The molecule has 0 aromatic heterocycles. The van der Waals surface area contributed by atoms with Gasteiger partial charge in [-0.3, -0.25) is 9.59 Å². The summed E-state index contributed by atoms with van der Waals surface area (Å²) in [4.78, 5) is 25.8. The molecule has 0 atom stereocenters. The zero-order chi connectivity index (χ0) is 16.6. The molecule has 5 heteroatoms. The van der Waals surface area contributed by atoms with E-state index in [2.05, 4.69) is 6.07 Å². The standard InChI is InChI=1S/C18H24N2O3/c1-3-23-18(22)12-6-4-11(5-7-12)13-8-9-15(19)16-14(13)10-20(2)17(16)21/h8-9,11-12H,3-7,10,19H2,1-2H3/t11-,12-. The van der Waals surface area contributed by atoms with E-state index in [0.29, 0.717) is 30.3 Å². The number of nitrogens with two attached hydrogens (primary N) is 1. The lowest BCUT2D eigenvalue weighted by atomic mass is 9.77. The number of fused-ring (bicyclic) bond motifs is 1. The highest BCUT2D eigenvalue weighted by Crippen LogP contribution is 2.41. The maximum atomic E-state index is 12.3. The molecule has 1 aromatic rings.